The molecule has 2 rings (SSSR count). The number of rotatable bonds is 8. The fourth-order valence-corrected chi connectivity index (χ4v) is 3.51. The van der Waals surface area contributed by atoms with Gasteiger partial charge in [-0.25, -0.2) is 0 Å². The van der Waals surface area contributed by atoms with E-state index in [1.54, 1.807) is 12.1 Å². The number of hydrogen-bond acceptors (Lipinski definition) is 4. The van der Waals surface area contributed by atoms with Crippen LogP contribution in [-0.4, -0.2) is 47.7 Å². The third kappa shape index (κ3) is 5.83. The number of unbranched alkanes of at least 4 members (excludes halogenated alkanes) is 1. The van der Waals surface area contributed by atoms with Crippen molar-refractivity contribution < 1.29 is 4.92 Å². The van der Waals surface area contributed by atoms with Gasteiger partial charge < -0.3 is 15.1 Å². The van der Waals surface area contributed by atoms with Crippen LogP contribution in [0.3, 0.4) is 0 Å². The maximum Gasteiger partial charge on any atom is 0.269 e. The monoisotopic (exact) mass is 378 g/mol. The van der Waals surface area contributed by atoms with Crippen molar-refractivity contribution in [1.29, 1.82) is 0 Å². The van der Waals surface area contributed by atoms with Gasteiger partial charge in [-0.1, -0.05) is 33.1 Å². The Morgan fingerprint density at radius 2 is 1.88 bits per heavy atom. The highest BCUT2D eigenvalue weighted by Crippen LogP contribution is 2.20. The minimum absolute atomic E-state index is 0.131. The lowest BCUT2D eigenvalue weighted by Gasteiger charge is -2.37. The highest BCUT2D eigenvalue weighted by molar-refractivity contribution is 7.80. The van der Waals surface area contributed by atoms with E-state index in [0.29, 0.717) is 5.92 Å². The molecule has 6 nitrogen and oxygen atoms in total. The summed E-state index contributed by atoms with van der Waals surface area (Å²) in [7, 11) is 0. The number of nitro benzene ring substituents is 1. The first-order valence-electron chi connectivity index (χ1n) is 9.57. The molecule has 1 aromatic rings. The number of benzene rings is 1. The quantitative estimate of drug-likeness (QED) is 0.422. The first-order valence-corrected chi connectivity index (χ1v) is 9.98. The van der Waals surface area contributed by atoms with Crippen molar-refractivity contribution in [3.05, 3.63) is 34.4 Å². The summed E-state index contributed by atoms with van der Waals surface area (Å²) >= 11 is 5.58. The molecule has 26 heavy (non-hydrogen) atoms. The molecule has 0 saturated carbocycles. The van der Waals surface area contributed by atoms with E-state index in [-0.39, 0.29) is 10.6 Å². The van der Waals surface area contributed by atoms with Crippen LogP contribution in [0.1, 0.15) is 39.5 Å². The number of nitrogens with one attached hydrogen (secondary N) is 1. The molecule has 0 aromatic heterocycles. The van der Waals surface area contributed by atoms with Gasteiger partial charge in [0.05, 0.1) is 4.92 Å². The zero-order valence-electron chi connectivity index (χ0n) is 15.8. The summed E-state index contributed by atoms with van der Waals surface area (Å²) in [5.74, 6) is 0.689. The van der Waals surface area contributed by atoms with E-state index >= 15 is 0 Å². The predicted octanol–water partition coefficient (Wildman–Crippen LogP) is 3.81. The molecule has 0 unspecified atom stereocenters. The molecule has 1 aliphatic heterocycles. The highest BCUT2D eigenvalue weighted by atomic mass is 32.1. The number of nitro groups is 1. The maximum absolute atomic E-state index is 10.8. The zero-order chi connectivity index (χ0) is 18.9. The summed E-state index contributed by atoms with van der Waals surface area (Å²) in [5.41, 5.74) is 1.16. The second-order valence-electron chi connectivity index (χ2n) is 6.85. The summed E-state index contributed by atoms with van der Waals surface area (Å²) in [6, 6.07) is 6.78. The van der Waals surface area contributed by atoms with Gasteiger partial charge in [0.25, 0.3) is 5.69 Å². The maximum atomic E-state index is 10.8. The van der Waals surface area contributed by atoms with Crippen LogP contribution in [-0.2, 0) is 0 Å². The molecule has 0 spiro atoms. The van der Waals surface area contributed by atoms with E-state index in [1.165, 1.54) is 25.7 Å². The van der Waals surface area contributed by atoms with Gasteiger partial charge in [-0.05, 0) is 36.7 Å². The zero-order valence-corrected chi connectivity index (χ0v) is 16.6. The predicted molar refractivity (Wildman–Crippen MR) is 111 cm³/mol. The number of piperazine rings is 1. The van der Waals surface area contributed by atoms with Gasteiger partial charge in [0.1, 0.15) is 0 Å². The van der Waals surface area contributed by atoms with E-state index in [0.717, 1.165) is 43.5 Å². The molecule has 0 radical (unpaired) electrons. The van der Waals surface area contributed by atoms with Gasteiger partial charge in [0.2, 0.25) is 0 Å². The van der Waals surface area contributed by atoms with Crippen LogP contribution in [0.2, 0.25) is 0 Å². The molecular formula is C19H30N4O2S. The van der Waals surface area contributed by atoms with Crippen molar-refractivity contribution in [2.75, 3.05) is 37.6 Å². The van der Waals surface area contributed by atoms with Crippen molar-refractivity contribution >= 4 is 28.7 Å². The molecule has 144 valence electrons. The summed E-state index contributed by atoms with van der Waals surface area (Å²) in [6.45, 7) is 8.91. The van der Waals surface area contributed by atoms with Gasteiger partial charge >= 0.3 is 0 Å². The van der Waals surface area contributed by atoms with E-state index in [1.807, 2.05) is 12.1 Å². The van der Waals surface area contributed by atoms with E-state index in [2.05, 4.69) is 29.0 Å². The first-order chi connectivity index (χ1) is 12.5. The third-order valence-electron chi connectivity index (χ3n) is 5.08. The fraction of sp³-hybridized carbons (Fsp3) is 0.632. The van der Waals surface area contributed by atoms with Gasteiger partial charge in [0, 0.05) is 50.5 Å². The average Bonchev–Trinajstić information content (AvgIpc) is 2.68. The summed E-state index contributed by atoms with van der Waals surface area (Å²) < 4.78 is 0. The Balaban J connectivity index is 1.78. The van der Waals surface area contributed by atoms with Crippen molar-refractivity contribution in [3.63, 3.8) is 0 Å². The Kier molecular flexibility index (Phi) is 8.09. The standard InChI is InChI=1S/C19H30N4O2S/c1-3-5-6-16(4-2)15-20-19(26)22-13-11-21(12-14-22)17-7-9-18(10-8-17)23(24)25/h7-10,16H,3-6,11-15H2,1-2H3,(H,20,26)/t16-/m1/s1. The van der Waals surface area contributed by atoms with Crippen LogP contribution < -0.4 is 10.2 Å². The molecule has 1 N–H and O–H groups in total. The number of non-ortho nitro benzene ring substituents is 1. The normalized spacial score (nSPS) is 15.6. The van der Waals surface area contributed by atoms with Crippen molar-refractivity contribution in [2.24, 2.45) is 5.92 Å². The fourth-order valence-electron chi connectivity index (χ4n) is 3.24. The lowest BCUT2D eigenvalue weighted by Crippen LogP contribution is -2.52. The molecular weight excluding hydrogens is 348 g/mol. The lowest BCUT2D eigenvalue weighted by molar-refractivity contribution is -0.384. The largest absolute Gasteiger partial charge is 0.368 e. The van der Waals surface area contributed by atoms with Gasteiger partial charge in [-0.2, -0.15) is 0 Å². The summed E-state index contributed by atoms with van der Waals surface area (Å²) in [5, 5.41) is 15.1. The van der Waals surface area contributed by atoms with Crippen LogP contribution in [0.4, 0.5) is 11.4 Å². The minimum atomic E-state index is -0.365. The molecule has 0 bridgehead atoms. The number of hydrogen-bond donors (Lipinski definition) is 1. The molecule has 1 atom stereocenters. The van der Waals surface area contributed by atoms with Crippen molar-refractivity contribution in [3.8, 4) is 0 Å². The average molecular weight is 379 g/mol. The second kappa shape index (κ2) is 10.3. The third-order valence-corrected chi connectivity index (χ3v) is 5.48. The molecule has 0 amide bonds. The number of nitrogens with zero attached hydrogens (tertiary/aromatic N) is 3. The molecule has 7 heteroatoms. The Hall–Kier alpha value is -1.89. The van der Waals surface area contributed by atoms with Crippen LogP contribution in [0.5, 0.6) is 0 Å². The Bertz CT molecular complexity index is 586. The minimum Gasteiger partial charge on any atom is -0.368 e. The Morgan fingerprint density at radius 1 is 1.23 bits per heavy atom. The molecule has 1 fully saturated rings. The number of thiocarbonyl (C=S) groups is 1. The van der Waals surface area contributed by atoms with Gasteiger partial charge in [0.15, 0.2) is 5.11 Å². The smallest absolute Gasteiger partial charge is 0.269 e. The van der Waals surface area contributed by atoms with E-state index in [4.69, 9.17) is 12.2 Å². The van der Waals surface area contributed by atoms with Crippen molar-refractivity contribution in [2.45, 2.75) is 39.5 Å². The number of anilines is 1. The molecule has 1 aliphatic rings. The Morgan fingerprint density at radius 3 is 2.42 bits per heavy atom. The van der Waals surface area contributed by atoms with Crippen LogP contribution in [0.15, 0.2) is 24.3 Å². The van der Waals surface area contributed by atoms with Crippen LogP contribution >= 0.6 is 12.2 Å². The molecule has 1 saturated heterocycles. The van der Waals surface area contributed by atoms with E-state index < -0.39 is 0 Å². The molecule has 1 aromatic carbocycles. The summed E-state index contributed by atoms with van der Waals surface area (Å²) in [6.07, 6.45) is 4.96. The highest BCUT2D eigenvalue weighted by Gasteiger charge is 2.20. The molecule has 1 heterocycles. The van der Waals surface area contributed by atoms with Crippen molar-refractivity contribution in [1.82, 2.24) is 10.2 Å². The van der Waals surface area contributed by atoms with E-state index in [9.17, 15) is 10.1 Å². The Labute approximate surface area is 161 Å². The van der Waals surface area contributed by atoms with Crippen LogP contribution in [0.25, 0.3) is 0 Å². The van der Waals surface area contributed by atoms with Gasteiger partial charge in [-0.15, -0.1) is 0 Å². The first kappa shape index (κ1) is 20.4. The lowest BCUT2D eigenvalue weighted by atomic mass is 9.99. The topological polar surface area (TPSA) is 61.6 Å². The summed E-state index contributed by atoms with van der Waals surface area (Å²) in [4.78, 5) is 14.9. The second-order valence-corrected chi connectivity index (χ2v) is 7.24. The molecule has 0 aliphatic carbocycles. The van der Waals surface area contributed by atoms with Gasteiger partial charge in [-0.3, -0.25) is 10.1 Å². The SMILES string of the molecule is CCCC[C@@H](CC)CNC(=S)N1CCN(c2ccc([N+](=O)[O-])cc2)CC1. The van der Waals surface area contributed by atoms with Crippen LogP contribution in [0, 0.1) is 16.0 Å².